The van der Waals surface area contributed by atoms with Gasteiger partial charge in [-0.1, -0.05) is 36.4 Å². The fourth-order valence-electron chi connectivity index (χ4n) is 2.58. The lowest BCUT2D eigenvalue weighted by Crippen LogP contribution is -2.38. The zero-order valence-corrected chi connectivity index (χ0v) is 15.5. The molecule has 0 spiro atoms. The number of rotatable bonds is 8. The van der Waals surface area contributed by atoms with Gasteiger partial charge in [0.05, 0.1) is 13.7 Å². The van der Waals surface area contributed by atoms with Crippen molar-refractivity contribution in [2.75, 3.05) is 13.7 Å². The molecular weight excluding hydrogens is 326 g/mol. The lowest BCUT2D eigenvalue weighted by molar-refractivity contribution is 0.284. The average Bonchev–Trinajstić information content (AvgIpc) is 3.50. The van der Waals surface area contributed by atoms with Crippen molar-refractivity contribution in [3.8, 4) is 11.5 Å². The van der Waals surface area contributed by atoms with E-state index in [1.54, 1.807) is 7.11 Å². The molecule has 5 heteroatoms. The normalized spacial score (nSPS) is 14.0. The molecule has 0 amide bonds. The van der Waals surface area contributed by atoms with E-state index in [0.717, 1.165) is 35.1 Å². The Morgan fingerprint density at radius 2 is 1.88 bits per heavy atom. The maximum absolute atomic E-state index is 5.91. The van der Waals surface area contributed by atoms with E-state index in [1.165, 1.54) is 12.8 Å². The number of nitrogens with one attached hydrogen (secondary N) is 2. The summed E-state index contributed by atoms with van der Waals surface area (Å²) in [5, 5.41) is 6.71. The molecule has 1 aliphatic rings. The largest absolute Gasteiger partial charge is 0.493 e. The Kier molecular flexibility index (Phi) is 6.36. The monoisotopic (exact) mass is 353 g/mol. The van der Waals surface area contributed by atoms with E-state index in [0.29, 0.717) is 19.2 Å². The Morgan fingerprint density at radius 3 is 2.58 bits per heavy atom. The van der Waals surface area contributed by atoms with Gasteiger partial charge >= 0.3 is 0 Å². The predicted molar refractivity (Wildman–Crippen MR) is 105 cm³/mol. The summed E-state index contributed by atoms with van der Waals surface area (Å²) in [6, 6.07) is 16.7. The molecular formula is C21H27N3O2. The number of hydrogen-bond donors (Lipinski definition) is 2. The Balaban J connectivity index is 1.63. The van der Waals surface area contributed by atoms with Gasteiger partial charge in [0.25, 0.3) is 0 Å². The van der Waals surface area contributed by atoms with E-state index in [-0.39, 0.29) is 0 Å². The van der Waals surface area contributed by atoms with Crippen molar-refractivity contribution in [3.63, 3.8) is 0 Å². The Hall–Kier alpha value is -2.69. The third-order valence-corrected chi connectivity index (χ3v) is 4.15. The summed E-state index contributed by atoms with van der Waals surface area (Å²) in [4.78, 5) is 4.66. The highest BCUT2D eigenvalue weighted by molar-refractivity contribution is 5.80. The number of guanidine groups is 1. The van der Waals surface area contributed by atoms with Crippen LogP contribution in [-0.4, -0.2) is 25.7 Å². The van der Waals surface area contributed by atoms with Crippen LogP contribution in [0.2, 0.25) is 0 Å². The molecule has 26 heavy (non-hydrogen) atoms. The minimum absolute atomic E-state index is 0.518. The molecule has 2 N–H and O–H groups in total. The van der Waals surface area contributed by atoms with Crippen LogP contribution in [0.1, 0.15) is 30.9 Å². The van der Waals surface area contributed by atoms with Crippen molar-refractivity contribution in [1.82, 2.24) is 10.6 Å². The van der Waals surface area contributed by atoms with Crippen molar-refractivity contribution in [1.29, 1.82) is 0 Å². The van der Waals surface area contributed by atoms with Gasteiger partial charge in [-0.05, 0) is 43.0 Å². The molecule has 5 nitrogen and oxygen atoms in total. The maximum Gasteiger partial charge on any atom is 0.191 e. The van der Waals surface area contributed by atoms with E-state index in [9.17, 15) is 0 Å². The van der Waals surface area contributed by atoms with Gasteiger partial charge in [-0.25, -0.2) is 4.99 Å². The zero-order valence-electron chi connectivity index (χ0n) is 15.5. The summed E-state index contributed by atoms with van der Waals surface area (Å²) < 4.78 is 11.4. The van der Waals surface area contributed by atoms with Gasteiger partial charge in [-0.3, -0.25) is 0 Å². The summed E-state index contributed by atoms with van der Waals surface area (Å²) in [6.07, 6.45) is 2.46. The fraction of sp³-hybridized carbons (Fsp3) is 0.381. The predicted octanol–water partition coefficient (Wildman–Crippen LogP) is 3.49. The molecule has 2 aromatic carbocycles. The van der Waals surface area contributed by atoms with E-state index in [2.05, 4.69) is 22.5 Å². The quantitative estimate of drug-likeness (QED) is 0.563. The third-order valence-electron chi connectivity index (χ3n) is 4.15. The van der Waals surface area contributed by atoms with Crippen molar-refractivity contribution < 1.29 is 9.47 Å². The molecule has 0 aliphatic heterocycles. The van der Waals surface area contributed by atoms with Gasteiger partial charge in [-0.15, -0.1) is 0 Å². The van der Waals surface area contributed by atoms with Crippen LogP contribution in [0.3, 0.4) is 0 Å². The SMILES string of the molecule is CCNC(=NCc1ccc(OCc2ccccc2)c(OC)c1)NC1CC1. The molecule has 0 bridgehead atoms. The number of ether oxygens (including phenoxy) is 2. The molecule has 0 aromatic heterocycles. The first-order chi connectivity index (χ1) is 12.8. The van der Waals surface area contributed by atoms with E-state index >= 15 is 0 Å². The van der Waals surface area contributed by atoms with Crippen molar-refractivity contribution >= 4 is 5.96 Å². The van der Waals surface area contributed by atoms with Gasteiger partial charge in [-0.2, -0.15) is 0 Å². The van der Waals surface area contributed by atoms with Crippen LogP contribution in [0.15, 0.2) is 53.5 Å². The minimum Gasteiger partial charge on any atom is -0.493 e. The lowest BCUT2D eigenvalue weighted by atomic mass is 10.2. The van der Waals surface area contributed by atoms with Crippen molar-refractivity contribution in [2.45, 2.75) is 39.0 Å². The smallest absolute Gasteiger partial charge is 0.191 e. The molecule has 0 radical (unpaired) electrons. The number of aliphatic imine (C=N–C) groups is 1. The standard InChI is InChI=1S/C21H27N3O2/c1-3-22-21(24-18-10-11-18)23-14-17-9-12-19(20(13-17)25-2)26-15-16-7-5-4-6-8-16/h4-9,12-13,18H,3,10-11,14-15H2,1-2H3,(H2,22,23,24). The highest BCUT2D eigenvalue weighted by atomic mass is 16.5. The second kappa shape index (κ2) is 9.13. The molecule has 2 aromatic rings. The zero-order chi connectivity index (χ0) is 18.2. The molecule has 1 aliphatic carbocycles. The van der Waals surface area contributed by atoms with Crippen LogP contribution in [0.5, 0.6) is 11.5 Å². The molecule has 0 saturated heterocycles. The summed E-state index contributed by atoms with van der Waals surface area (Å²) in [6.45, 7) is 4.04. The fourth-order valence-corrected chi connectivity index (χ4v) is 2.58. The highest BCUT2D eigenvalue weighted by Gasteiger charge is 2.22. The number of hydrogen-bond acceptors (Lipinski definition) is 3. The van der Waals surface area contributed by atoms with Crippen molar-refractivity contribution in [2.24, 2.45) is 4.99 Å². The summed E-state index contributed by atoms with van der Waals surface area (Å²) in [7, 11) is 1.66. The van der Waals surface area contributed by atoms with Crippen LogP contribution in [0.25, 0.3) is 0 Å². The Labute approximate surface area is 155 Å². The van der Waals surface area contributed by atoms with Crippen LogP contribution < -0.4 is 20.1 Å². The van der Waals surface area contributed by atoms with Crippen LogP contribution in [0.4, 0.5) is 0 Å². The first-order valence-corrected chi connectivity index (χ1v) is 9.17. The average molecular weight is 353 g/mol. The van der Waals surface area contributed by atoms with Crippen molar-refractivity contribution in [3.05, 3.63) is 59.7 Å². The Morgan fingerprint density at radius 1 is 1.08 bits per heavy atom. The topological polar surface area (TPSA) is 54.9 Å². The highest BCUT2D eigenvalue weighted by Crippen LogP contribution is 2.29. The summed E-state index contributed by atoms with van der Waals surface area (Å²) in [5.41, 5.74) is 2.21. The van der Waals surface area contributed by atoms with Gasteiger partial charge in [0.15, 0.2) is 17.5 Å². The van der Waals surface area contributed by atoms with Gasteiger partial charge in [0.2, 0.25) is 0 Å². The third kappa shape index (κ3) is 5.41. The second-order valence-electron chi connectivity index (χ2n) is 6.37. The summed E-state index contributed by atoms with van der Waals surface area (Å²) in [5.74, 6) is 2.35. The van der Waals surface area contributed by atoms with Gasteiger partial charge < -0.3 is 20.1 Å². The van der Waals surface area contributed by atoms with Gasteiger partial charge in [0.1, 0.15) is 6.61 Å². The Bertz CT molecular complexity index is 727. The molecule has 0 unspecified atom stereocenters. The molecule has 1 fully saturated rings. The van der Waals surface area contributed by atoms with Crippen LogP contribution >= 0.6 is 0 Å². The van der Waals surface area contributed by atoms with Gasteiger partial charge in [0, 0.05) is 12.6 Å². The molecule has 3 rings (SSSR count). The lowest BCUT2D eigenvalue weighted by Gasteiger charge is -2.13. The summed E-state index contributed by atoms with van der Waals surface area (Å²) >= 11 is 0. The number of methoxy groups -OCH3 is 1. The van der Waals surface area contributed by atoms with E-state index < -0.39 is 0 Å². The van der Waals surface area contributed by atoms with Crippen LogP contribution in [-0.2, 0) is 13.2 Å². The molecule has 138 valence electrons. The first kappa shape index (κ1) is 18.1. The van der Waals surface area contributed by atoms with Crippen LogP contribution in [0, 0.1) is 0 Å². The minimum atomic E-state index is 0.518. The number of nitrogens with zero attached hydrogens (tertiary/aromatic N) is 1. The molecule has 0 atom stereocenters. The van der Waals surface area contributed by atoms with E-state index in [1.807, 2.05) is 48.5 Å². The van der Waals surface area contributed by atoms with E-state index in [4.69, 9.17) is 9.47 Å². The second-order valence-corrected chi connectivity index (χ2v) is 6.37. The molecule has 1 saturated carbocycles. The number of benzene rings is 2. The molecule has 0 heterocycles. The first-order valence-electron chi connectivity index (χ1n) is 9.17. The maximum atomic E-state index is 5.91.